The lowest BCUT2D eigenvalue weighted by Gasteiger charge is -2.30. The van der Waals surface area contributed by atoms with Crippen LogP contribution in [0.1, 0.15) is 12.5 Å². The van der Waals surface area contributed by atoms with Gasteiger partial charge in [0.25, 0.3) is 5.56 Å². The first-order valence-electron chi connectivity index (χ1n) is 6.34. The Morgan fingerprint density at radius 1 is 1.47 bits per heavy atom. The number of aromatic nitrogens is 2. The number of nitrogens with zero attached hydrogens (tertiary/aromatic N) is 2. The van der Waals surface area contributed by atoms with Crippen molar-refractivity contribution < 1.29 is 4.74 Å². The van der Waals surface area contributed by atoms with E-state index in [1.165, 1.54) is 4.57 Å². The average Bonchev–Trinajstić information content (AvgIpc) is 2.35. The van der Waals surface area contributed by atoms with Crippen LogP contribution in [0.4, 0.5) is 0 Å². The third-order valence-electron chi connectivity index (χ3n) is 3.31. The molecule has 1 aromatic heterocycles. The van der Waals surface area contributed by atoms with E-state index in [0.717, 1.165) is 6.54 Å². The lowest BCUT2D eigenvalue weighted by Crippen LogP contribution is -2.47. The highest BCUT2D eigenvalue weighted by Gasteiger charge is 2.20. The summed E-state index contributed by atoms with van der Waals surface area (Å²) in [4.78, 5) is 28.6. The number of H-pyrrole nitrogens is 1. The van der Waals surface area contributed by atoms with Crippen LogP contribution in [0.2, 0.25) is 5.15 Å². The number of nitrogens with one attached hydrogen (secondary N) is 1. The number of aromatic amines is 1. The highest BCUT2D eigenvalue weighted by molar-refractivity contribution is 6.30. The van der Waals surface area contributed by atoms with Crippen LogP contribution in [0.5, 0.6) is 0 Å². The second kappa shape index (κ2) is 5.90. The molecular formula is C12H18ClN3O3. The molecule has 0 aliphatic carbocycles. The van der Waals surface area contributed by atoms with Gasteiger partial charge in [-0.15, -0.1) is 0 Å². The standard InChI is InChI=1S/C12H18ClN3O3/c1-3-9-10(13)14-12(18)16(11(9)17)7-8-6-15(2)4-5-19-8/h8H,3-7H2,1-2H3,(H,14,18). The number of hydrogen-bond donors (Lipinski definition) is 1. The summed E-state index contributed by atoms with van der Waals surface area (Å²) in [5.41, 5.74) is -0.373. The zero-order valence-corrected chi connectivity index (χ0v) is 11.9. The van der Waals surface area contributed by atoms with Gasteiger partial charge < -0.3 is 9.64 Å². The second-order valence-electron chi connectivity index (χ2n) is 4.75. The van der Waals surface area contributed by atoms with Gasteiger partial charge in [-0.25, -0.2) is 4.79 Å². The summed E-state index contributed by atoms with van der Waals surface area (Å²) in [6.07, 6.45) is 0.336. The van der Waals surface area contributed by atoms with Crippen LogP contribution in [0, 0.1) is 0 Å². The number of ether oxygens (including phenoxy) is 1. The Kier molecular flexibility index (Phi) is 4.44. The number of halogens is 1. The zero-order valence-electron chi connectivity index (χ0n) is 11.1. The minimum absolute atomic E-state index is 0.135. The minimum Gasteiger partial charge on any atom is -0.374 e. The Balaban J connectivity index is 2.30. The molecule has 1 aliphatic rings. The van der Waals surface area contributed by atoms with Crippen LogP contribution in [-0.4, -0.2) is 47.3 Å². The molecule has 0 saturated carbocycles. The van der Waals surface area contributed by atoms with Gasteiger partial charge in [0, 0.05) is 13.1 Å². The number of morpholine rings is 1. The lowest BCUT2D eigenvalue weighted by atomic mass is 10.2. The molecule has 2 rings (SSSR count). The third-order valence-corrected chi connectivity index (χ3v) is 3.63. The SMILES string of the molecule is CCc1c(Cl)[nH]c(=O)n(CC2CN(C)CCO2)c1=O. The molecular weight excluding hydrogens is 270 g/mol. The first-order valence-corrected chi connectivity index (χ1v) is 6.72. The molecule has 1 atom stereocenters. The first-order chi connectivity index (χ1) is 9.02. The maximum atomic E-state index is 12.2. The maximum absolute atomic E-state index is 12.2. The molecule has 7 heteroatoms. The van der Waals surface area contributed by atoms with Gasteiger partial charge in [-0.2, -0.15) is 0 Å². The van der Waals surface area contributed by atoms with Crippen molar-refractivity contribution in [2.75, 3.05) is 26.7 Å². The van der Waals surface area contributed by atoms with Crippen molar-refractivity contribution in [3.8, 4) is 0 Å². The smallest absolute Gasteiger partial charge is 0.329 e. The van der Waals surface area contributed by atoms with Crippen molar-refractivity contribution in [2.24, 2.45) is 0 Å². The predicted octanol–water partition coefficient (Wildman–Crippen LogP) is 0.0830. The molecule has 1 aliphatic heterocycles. The molecule has 1 fully saturated rings. The van der Waals surface area contributed by atoms with E-state index >= 15 is 0 Å². The highest BCUT2D eigenvalue weighted by Crippen LogP contribution is 2.07. The summed E-state index contributed by atoms with van der Waals surface area (Å²) < 4.78 is 6.75. The first kappa shape index (κ1) is 14.3. The van der Waals surface area contributed by atoms with Gasteiger partial charge in [0.1, 0.15) is 5.15 Å². The van der Waals surface area contributed by atoms with Gasteiger partial charge in [0.05, 0.1) is 24.8 Å². The summed E-state index contributed by atoms with van der Waals surface area (Å²) in [5.74, 6) is 0. The Labute approximate surface area is 115 Å². The Morgan fingerprint density at radius 2 is 2.21 bits per heavy atom. The van der Waals surface area contributed by atoms with E-state index in [0.29, 0.717) is 25.1 Å². The molecule has 1 unspecified atom stereocenters. The molecule has 6 nitrogen and oxygen atoms in total. The van der Waals surface area contributed by atoms with Crippen molar-refractivity contribution in [1.82, 2.24) is 14.5 Å². The molecule has 1 N–H and O–H groups in total. The molecule has 0 spiro atoms. The van der Waals surface area contributed by atoms with E-state index in [4.69, 9.17) is 16.3 Å². The molecule has 0 aromatic carbocycles. The molecule has 106 valence electrons. The highest BCUT2D eigenvalue weighted by atomic mass is 35.5. The van der Waals surface area contributed by atoms with Gasteiger partial charge in [-0.1, -0.05) is 18.5 Å². The largest absolute Gasteiger partial charge is 0.374 e. The second-order valence-corrected chi connectivity index (χ2v) is 5.13. The van der Waals surface area contributed by atoms with E-state index in [-0.39, 0.29) is 23.4 Å². The van der Waals surface area contributed by atoms with Crippen LogP contribution < -0.4 is 11.2 Å². The van der Waals surface area contributed by atoms with Crippen LogP contribution >= 0.6 is 11.6 Å². The fraction of sp³-hybridized carbons (Fsp3) is 0.667. The monoisotopic (exact) mass is 287 g/mol. The summed E-state index contributed by atoms with van der Waals surface area (Å²) >= 11 is 5.86. The number of hydrogen-bond acceptors (Lipinski definition) is 4. The normalized spacial score (nSPS) is 20.7. The molecule has 1 aromatic rings. The molecule has 0 radical (unpaired) electrons. The Morgan fingerprint density at radius 3 is 2.84 bits per heavy atom. The summed E-state index contributed by atoms with van der Waals surface area (Å²) in [6.45, 7) is 4.26. The minimum atomic E-state index is -0.482. The van der Waals surface area contributed by atoms with Gasteiger partial charge in [0.2, 0.25) is 0 Å². The van der Waals surface area contributed by atoms with E-state index in [1.54, 1.807) is 0 Å². The quantitative estimate of drug-likeness (QED) is 0.800. The zero-order chi connectivity index (χ0) is 14.0. The number of rotatable bonds is 3. The summed E-state index contributed by atoms with van der Waals surface area (Å²) in [5, 5.41) is 0.135. The molecule has 1 saturated heterocycles. The average molecular weight is 288 g/mol. The van der Waals surface area contributed by atoms with E-state index in [2.05, 4.69) is 9.88 Å². The molecule has 0 amide bonds. The fourth-order valence-corrected chi connectivity index (χ4v) is 2.53. The van der Waals surface area contributed by atoms with Gasteiger partial charge in [-0.3, -0.25) is 14.3 Å². The van der Waals surface area contributed by atoms with E-state index in [1.807, 2.05) is 14.0 Å². The van der Waals surface area contributed by atoms with E-state index < -0.39 is 5.69 Å². The molecule has 2 heterocycles. The van der Waals surface area contributed by atoms with Crippen LogP contribution in [0.25, 0.3) is 0 Å². The topological polar surface area (TPSA) is 67.3 Å². The lowest BCUT2D eigenvalue weighted by molar-refractivity contribution is -0.0285. The summed E-state index contributed by atoms with van der Waals surface area (Å²) in [6, 6.07) is 0. The maximum Gasteiger partial charge on any atom is 0.329 e. The van der Waals surface area contributed by atoms with Crippen molar-refractivity contribution >= 4 is 11.6 Å². The predicted molar refractivity (Wildman–Crippen MR) is 72.9 cm³/mol. The molecule has 19 heavy (non-hydrogen) atoms. The van der Waals surface area contributed by atoms with Gasteiger partial charge >= 0.3 is 5.69 Å². The fourth-order valence-electron chi connectivity index (χ4n) is 2.24. The van der Waals surface area contributed by atoms with Crippen molar-refractivity contribution in [2.45, 2.75) is 26.0 Å². The van der Waals surface area contributed by atoms with Crippen molar-refractivity contribution in [1.29, 1.82) is 0 Å². The van der Waals surface area contributed by atoms with Gasteiger partial charge in [-0.05, 0) is 13.5 Å². The summed E-state index contributed by atoms with van der Waals surface area (Å²) in [7, 11) is 1.99. The van der Waals surface area contributed by atoms with Gasteiger partial charge in [0.15, 0.2) is 0 Å². The molecule has 0 bridgehead atoms. The number of likely N-dealkylation sites (N-methyl/N-ethyl adjacent to an activating group) is 1. The van der Waals surface area contributed by atoms with Crippen molar-refractivity contribution in [3.63, 3.8) is 0 Å². The van der Waals surface area contributed by atoms with E-state index in [9.17, 15) is 9.59 Å². The third kappa shape index (κ3) is 3.08. The Bertz CT molecular complexity index is 566. The van der Waals surface area contributed by atoms with Crippen LogP contribution in [0.3, 0.4) is 0 Å². The van der Waals surface area contributed by atoms with Crippen LogP contribution in [-0.2, 0) is 17.7 Å². The van der Waals surface area contributed by atoms with Crippen molar-refractivity contribution in [3.05, 3.63) is 31.6 Å². The van der Waals surface area contributed by atoms with Crippen LogP contribution in [0.15, 0.2) is 9.59 Å². The Hall–Kier alpha value is -1.11.